The van der Waals surface area contributed by atoms with Crippen LogP contribution >= 0.6 is 0 Å². The lowest BCUT2D eigenvalue weighted by Crippen LogP contribution is -2.57. The van der Waals surface area contributed by atoms with E-state index in [1.165, 1.54) is 31.5 Å². The Hall–Kier alpha value is -0.870. The SMILES string of the molecule is CC(C)CC1CNC(C2CC2)CN1Cc1ccn(C)n1. The molecule has 4 heteroatoms. The first-order chi connectivity index (χ1) is 9.61. The van der Waals surface area contributed by atoms with E-state index in [2.05, 4.69) is 35.2 Å². The maximum atomic E-state index is 4.56. The third-order valence-electron chi connectivity index (χ3n) is 4.63. The van der Waals surface area contributed by atoms with Crippen LogP contribution in [0.25, 0.3) is 0 Å². The average molecular weight is 276 g/mol. The van der Waals surface area contributed by atoms with Gasteiger partial charge in [-0.15, -0.1) is 0 Å². The number of hydrogen-bond donors (Lipinski definition) is 1. The van der Waals surface area contributed by atoms with Crippen LogP contribution in [0.15, 0.2) is 12.3 Å². The number of piperazine rings is 1. The highest BCUT2D eigenvalue weighted by molar-refractivity contribution is 5.02. The van der Waals surface area contributed by atoms with E-state index in [1.807, 2.05) is 17.9 Å². The Balaban J connectivity index is 1.66. The zero-order valence-electron chi connectivity index (χ0n) is 13.0. The van der Waals surface area contributed by atoms with Gasteiger partial charge >= 0.3 is 0 Å². The molecule has 3 rings (SSSR count). The highest BCUT2D eigenvalue weighted by Crippen LogP contribution is 2.35. The van der Waals surface area contributed by atoms with Gasteiger partial charge < -0.3 is 5.32 Å². The summed E-state index contributed by atoms with van der Waals surface area (Å²) in [5.74, 6) is 1.69. The Labute approximate surface area is 122 Å². The molecule has 0 aromatic carbocycles. The first kappa shape index (κ1) is 14.1. The van der Waals surface area contributed by atoms with E-state index in [0.29, 0.717) is 12.1 Å². The lowest BCUT2D eigenvalue weighted by atomic mass is 9.97. The molecule has 0 bridgehead atoms. The summed E-state index contributed by atoms with van der Waals surface area (Å²) < 4.78 is 1.91. The summed E-state index contributed by atoms with van der Waals surface area (Å²) in [7, 11) is 2.00. The number of rotatable bonds is 5. The molecule has 4 nitrogen and oxygen atoms in total. The minimum atomic E-state index is 0.659. The third kappa shape index (κ3) is 3.41. The second-order valence-electron chi connectivity index (χ2n) is 7.05. The van der Waals surface area contributed by atoms with Crippen molar-refractivity contribution >= 4 is 0 Å². The molecular formula is C16H28N4. The smallest absolute Gasteiger partial charge is 0.0764 e. The van der Waals surface area contributed by atoms with Crippen molar-refractivity contribution in [3.8, 4) is 0 Å². The summed E-state index contributed by atoms with van der Waals surface area (Å²) >= 11 is 0. The summed E-state index contributed by atoms with van der Waals surface area (Å²) in [6, 6.07) is 3.52. The second kappa shape index (κ2) is 5.86. The Morgan fingerprint density at radius 3 is 2.80 bits per heavy atom. The zero-order chi connectivity index (χ0) is 14.1. The van der Waals surface area contributed by atoms with Crippen LogP contribution in [-0.4, -0.2) is 39.9 Å². The van der Waals surface area contributed by atoms with Crippen LogP contribution in [-0.2, 0) is 13.6 Å². The van der Waals surface area contributed by atoms with Gasteiger partial charge in [0, 0.05) is 45.0 Å². The van der Waals surface area contributed by atoms with Gasteiger partial charge in [0.15, 0.2) is 0 Å². The highest BCUT2D eigenvalue weighted by Gasteiger charge is 2.37. The molecule has 0 amide bonds. The van der Waals surface area contributed by atoms with Crippen LogP contribution in [0.3, 0.4) is 0 Å². The van der Waals surface area contributed by atoms with E-state index in [0.717, 1.165) is 24.9 Å². The molecule has 1 saturated carbocycles. The van der Waals surface area contributed by atoms with Crippen molar-refractivity contribution in [2.24, 2.45) is 18.9 Å². The fourth-order valence-electron chi connectivity index (χ4n) is 3.42. The molecule has 1 aromatic heterocycles. The van der Waals surface area contributed by atoms with Crippen LogP contribution in [0.1, 0.15) is 38.8 Å². The van der Waals surface area contributed by atoms with Crippen LogP contribution in [0.5, 0.6) is 0 Å². The number of aromatic nitrogens is 2. The molecule has 1 saturated heterocycles. The molecule has 2 aliphatic rings. The molecule has 2 unspecified atom stereocenters. The first-order valence-corrected chi connectivity index (χ1v) is 8.07. The van der Waals surface area contributed by atoms with E-state index in [9.17, 15) is 0 Å². The predicted octanol–water partition coefficient (Wildman–Crippen LogP) is 2.02. The quantitative estimate of drug-likeness (QED) is 0.893. The van der Waals surface area contributed by atoms with Crippen LogP contribution in [0.2, 0.25) is 0 Å². The summed E-state index contributed by atoms with van der Waals surface area (Å²) in [5, 5.41) is 8.35. The molecule has 1 aliphatic carbocycles. The monoisotopic (exact) mass is 276 g/mol. The number of hydrogen-bond acceptors (Lipinski definition) is 3. The minimum absolute atomic E-state index is 0.659. The average Bonchev–Trinajstić information content (AvgIpc) is 3.15. The molecule has 0 spiro atoms. The Morgan fingerprint density at radius 2 is 2.20 bits per heavy atom. The number of nitrogens with zero attached hydrogens (tertiary/aromatic N) is 3. The molecule has 2 heterocycles. The molecule has 1 aliphatic heterocycles. The van der Waals surface area contributed by atoms with Crippen LogP contribution < -0.4 is 5.32 Å². The first-order valence-electron chi connectivity index (χ1n) is 8.07. The molecule has 112 valence electrons. The molecule has 0 radical (unpaired) electrons. The normalized spacial score (nSPS) is 28.2. The van der Waals surface area contributed by atoms with Crippen molar-refractivity contribution in [3.63, 3.8) is 0 Å². The molecule has 2 atom stereocenters. The largest absolute Gasteiger partial charge is 0.311 e. The van der Waals surface area contributed by atoms with Crippen molar-refractivity contribution in [2.75, 3.05) is 13.1 Å². The van der Waals surface area contributed by atoms with Gasteiger partial charge in [-0.25, -0.2) is 0 Å². The molecular weight excluding hydrogens is 248 g/mol. The van der Waals surface area contributed by atoms with Gasteiger partial charge in [0.2, 0.25) is 0 Å². The zero-order valence-corrected chi connectivity index (χ0v) is 13.0. The van der Waals surface area contributed by atoms with Gasteiger partial charge in [-0.1, -0.05) is 13.8 Å². The molecule has 2 fully saturated rings. The number of aryl methyl sites for hydroxylation is 1. The van der Waals surface area contributed by atoms with Gasteiger partial charge in [0.05, 0.1) is 5.69 Å². The van der Waals surface area contributed by atoms with Gasteiger partial charge in [-0.3, -0.25) is 9.58 Å². The molecule has 1 N–H and O–H groups in total. The lowest BCUT2D eigenvalue weighted by Gasteiger charge is -2.41. The maximum absolute atomic E-state index is 4.56. The van der Waals surface area contributed by atoms with Crippen molar-refractivity contribution in [1.29, 1.82) is 0 Å². The Kier molecular flexibility index (Phi) is 4.13. The van der Waals surface area contributed by atoms with Crippen molar-refractivity contribution in [2.45, 2.75) is 51.7 Å². The van der Waals surface area contributed by atoms with Crippen molar-refractivity contribution in [1.82, 2.24) is 20.0 Å². The van der Waals surface area contributed by atoms with Gasteiger partial charge in [0.25, 0.3) is 0 Å². The Morgan fingerprint density at radius 1 is 1.40 bits per heavy atom. The summed E-state index contributed by atoms with van der Waals surface area (Å²) in [5.41, 5.74) is 1.21. The van der Waals surface area contributed by atoms with E-state index in [4.69, 9.17) is 0 Å². The summed E-state index contributed by atoms with van der Waals surface area (Å²) in [4.78, 5) is 2.67. The number of nitrogens with one attached hydrogen (secondary N) is 1. The molecule has 1 aromatic rings. The van der Waals surface area contributed by atoms with Crippen LogP contribution in [0.4, 0.5) is 0 Å². The maximum Gasteiger partial charge on any atom is 0.0764 e. The van der Waals surface area contributed by atoms with Crippen LogP contribution in [0, 0.1) is 11.8 Å². The predicted molar refractivity (Wildman–Crippen MR) is 81.4 cm³/mol. The Bertz CT molecular complexity index is 435. The van der Waals surface area contributed by atoms with Crippen molar-refractivity contribution in [3.05, 3.63) is 18.0 Å². The van der Waals surface area contributed by atoms with Gasteiger partial charge in [-0.05, 0) is 37.2 Å². The van der Waals surface area contributed by atoms with Crippen molar-refractivity contribution < 1.29 is 0 Å². The lowest BCUT2D eigenvalue weighted by molar-refractivity contribution is 0.0985. The van der Waals surface area contributed by atoms with E-state index in [-0.39, 0.29) is 0 Å². The van der Waals surface area contributed by atoms with E-state index < -0.39 is 0 Å². The summed E-state index contributed by atoms with van der Waals surface area (Å²) in [6.07, 6.45) is 6.17. The topological polar surface area (TPSA) is 33.1 Å². The fourth-order valence-corrected chi connectivity index (χ4v) is 3.42. The minimum Gasteiger partial charge on any atom is -0.311 e. The third-order valence-corrected chi connectivity index (χ3v) is 4.63. The highest BCUT2D eigenvalue weighted by atomic mass is 15.3. The standard InChI is InChI=1S/C16H28N4/c1-12(2)8-15-9-17-16(13-4-5-13)11-20(15)10-14-6-7-19(3)18-14/h6-7,12-13,15-17H,4-5,8-11H2,1-3H3. The molecule has 20 heavy (non-hydrogen) atoms. The van der Waals surface area contributed by atoms with E-state index >= 15 is 0 Å². The van der Waals surface area contributed by atoms with Gasteiger partial charge in [-0.2, -0.15) is 5.10 Å². The van der Waals surface area contributed by atoms with Gasteiger partial charge in [0.1, 0.15) is 0 Å². The summed E-state index contributed by atoms with van der Waals surface area (Å²) in [6.45, 7) is 7.99. The second-order valence-corrected chi connectivity index (χ2v) is 7.05. The van der Waals surface area contributed by atoms with E-state index in [1.54, 1.807) is 0 Å². The fraction of sp³-hybridized carbons (Fsp3) is 0.812.